The SMILES string of the molecule is N#Cc1ccc(NC(=O)N2CCC[C@@H]2c2ccncc2)cc1. The zero-order valence-corrected chi connectivity index (χ0v) is 12.1. The molecular formula is C17H16N4O. The number of hydrogen-bond acceptors (Lipinski definition) is 3. The van der Waals surface area contributed by atoms with Crippen LogP contribution in [-0.4, -0.2) is 22.5 Å². The van der Waals surface area contributed by atoms with Crippen LogP contribution in [0.15, 0.2) is 48.8 Å². The molecule has 22 heavy (non-hydrogen) atoms. The van der Waals surface area contributed by atoms with Crippen molar-refractivity contribution in [2.75, 3.05) is 11.9 Å². The third kappa shape index (κ3) is 2.91. The first-order chi connectivity index (χ1) is 10.8. The second-order valence-corrected chi connectivity index (χ2v) is 5.25. The van der Waals surface area contributed by atoms with Crippen LogP contribution in [0, 0.1) is 11.3 Å². The summed E-state index contributed by atoms with van der Waals surface area (Å²) in [6.45, 7) is 0.745. The quantitative estimate of drug-likeness (QED) is 0.923. The Morgan fingerprint density at radius 3 is 2.64 bits per heavy atom. The molecule has 5 nitrogen and oxygen atoms in total. The number of hydrogen-bond donors (Lipinski definition) is 1. The van der Waals surface area contributed by atoms with Crippen LogP contribution in [0.5, 0.6) is 0 Å². The zero-order chi connectivity index (χ0) is 15.4. The average molecular weight is 292 g/mol. The van der Waals surface area contributed by atoms with Gasteiger partial charge >= 0.3 is 6.03 Å². The average Bonchev–Trinajstić information content (AvgIpc) is 3.06. The Labute approximate surface area is 129 Å². The van der Waals surface area contributed by atoms with Gasteiger partial charge in [-0.15, -0.1) is 0 Å². The van der Waals surface area contributed by atoms with Crippen molar-refractivity contribution in [1.82, 2.24) is 9.88 Å². The number of anilines is 1. The Kier molecular flexibility index (Phi) is 4.01. The number of benzene rings is 1. The standard InChI is InChI=1S/C17H16N4O/c18-12-13-3-5-15(6-4-13)20-17(22)21-11-1-2-16(21)14-7-9-19-10-8-14/h3-10,16H,1-2,11H2,(H,20,22)/t16-/m1/s1. The molecule has 1 atom stereocenters. The summed E-state index contributed by atoms with van der Waals surface area (Å²) < 4.78 is 0. The van der Waals surface area contributed by atoms with E-state index >= 15 is 0 Å². The van der Waals surface area contributed by atoms with Crippen LogP contribution in [0.2, 0.25) is 0 Å². The number of amides is 2. The molecule has 2 heterocycles. The lowest BCUT2D eigenvalue weighted by atomic mass is 10.1. The predicted molar refractivity (Wildman–Crippen MR) is 83.1 cm³/mol. The molecule has 2 aromatic rings. The molecule has 5 heteroatoms. The highest BCUT2D eigenvalue weighted by atomic mass is 16.2. The van der Waals surface area contributed by atoms with Gasteiger partial charge in [0.1, 0.15) is 0 Å². The third-order valence-electron chi connectivity index (χ3n) is 3.87. The van der Waals surface area contributed by atoms with Crippen molar-refractivity contribution in [3.05, 3.63) is 59.9 Å². The largest absolute Gasteiger partial charge is 0.322 e. The van der Waals surface area contributed by atoms with E-state index in [0.717, 1.165) is 24.9 Å². The fraction of sp³-hybridized carbons (Fsp3) is 0.235. The molecule has 0 bridgehead atoms. The molecule has 0 saturated carbocycles. The van der Waals surface area contributed by atoms with Gasteiger partial charge in [-0.05, 0) is 54.8 Å². The van der Waals surface area contributed by atoms with Crippen LogP contribution in [0.25, 0.3) is 0 Å². The summed E-state index contributed by atoms with van der Waals surface area (Å²) in [7, 11) is 0. The summed E-state index contributed by atoms with van der Waals surface area (Å²) >= 11 is 0. The van der Waals surface area contributed by atoms with Crippen molar-refractivity contribution in [2.45, 2.75) is 18.9 Å². The molecule has 1 aliphatic rings. The lowest BCUT2D eigenvalue weighted by Crippen LogP contribution is -2.34. The Balaban J connectivity index is 1.72. The Morgan fingerprint density at radius 1 is 1.23 bits per heavy atom. The Hall–Kier alpha value is -2.87. The van der Waals surface area contributed by atoms with Crippen LogP contribution < -0.4 is 5.32 Å². The second kappa shape index (κ2) is 6.27. The number of carbonyl (C=O) groups is 1. The van der Waals surface area contributed by atoms with Crippen molar-refractivity contribution >= 4 is 11.7 Å². The van der Waals surface area contributed by atoms with E-state index in [0.29, 0.717) is 11.3 Å². The first kappa shape index (κ1) is 14.1. The summed E-state index contributed by atoms with van der Waals surface area (Å²) in [5.41, 5.74) is 2.39. The maximum atomic E-state index is 12.5. The first-order valence-corrected chi connectivity index (χ1v) is 7.25. The number of urea groups is 1. The minimum absolute atomic E-state index is 0.0985. The Bertz CT molecular complexity index is 691. The molecule has 0 aliphatic carbocycles. The van der Waals surface area contributed by atoms with E-state index in [2.05, 4.69) is 16.4 Å². The molecular weight excluding hydrogens is 276 g/mol. The molecule has 3 rings (SSSR count). The van der Waals surface area contributed by atoms with Gasteiger partial charge < -0.3 is 10.2 Å². The van der Waals surface area contributed by atoms with Gasteiger partial charge in [0, 0.05) is 24.6 Å². The topological polar surface area (TPSA) is 69.0 Å². The van der Waals surface area contributed by atoms with E-state index < -0.39 is 0 Å². The van der Waals surface area contributed by atoms with Gasteiger partial charge in [-0.1, -0.05) is 0 Å². The number of pyridine rings is 1. The number of nitrogens with one attached hydrogen (secondary N) is 1. The van der Waals surface area contributed by atoms with Gasteiger partial charge in [0.15, 0.2) is 0 Å². The highest BCUT2D eigenvalue weighted by Crippen LogP contribution is 2.31. The fourth-order valence-electron chi connectivity index (χ4n) is 2.77. The first-order valence-electron chi connectivity index (χ1n) is 7.25. The van der Waals surface area contributed by atoms with Gasteiger partial charge in [0.2, 0.25) is 0 Å². The molecule has 0 spiro atoms. The molecule has 1 N–H and O–H groups in total. The second-order valence-electron chi connectivity index (χ2n) is 5.25. The highest BCUT2D eigenvalue weighted by molar-refractivity contribution is 5.89. The van der Waals surface area contributed by atoms with E-state index in [9.17, 15) is 4.79 Å². The molecule has 1 aromatic heterocycles. The van der Waals surface area contributed by atoms with Crippen molar-refractivity contribution in [3.63, 3.8) is 0 Å². The summed E-state index contributed by atoms with van der Waals surface area (Å²) in [5, 5.41) is 11.7. The lowest BCUT2D eigenvalue weighted by molar-refractivity contribution is 0.207. The summed E-state index contributed by atoms with van der Waals surface area (Å²) in [6, 6.07) is 12.8. The van der Waals surface area contributed by atoms with Crippen LogP contribution in [-0.2, 0) is 0 Å². The van der Waals surface area contributed by atoms with Crippen LogP contribution in [0.4, 0.5) is 10.5 Å². The number of likely N-dealkylation sites (tertiary alicyclic amines) is 1. The lowest BCUT2D eigenvalue weighted by Gasteiger charge is -2.25. The number of aromatic nitrogens is 1. The van der Waals surface area contributed by atoms with Gasteiger partial charge in [-0.25, -0.2) is 4.79 Å². The van der Waals surface area contributed by atoms with Crippen LogP contribution in [0.1, 0.15) is 30.0 Å². The van der Waals surface area contributed by atoms with Crippen LogP contribution >= 0.6 is 0 Å². The summed E-state index contributed by atoms with van der Waals surface area (Å²) in [6.07, 6.45) is 5.47. The maximum absolute atomic E-state index is 12.5. The molecule has 1 aliphatic heterocycles. The van der Waals surface area contributed by atoms with Gasteiger partial charge in [0.25, 0.3) is 0 Å². The zero-order valence-electron chi connectivity index (χ0n) is 12.1. The third-order valence-corrected chi connectivity index (χ3v) is 3.87. The smallest absolute Gasteiger partial charge is 0.317 e. The van der Waals surface area contributed by atoms with E-state index in [-0.39, 0.29) is 12.1 Å². The molecule has 1 saturated heterocycles. The minimum atomic E-state index is -0.107. The van der Waals surface area contributed by atoms with E-state index in [1.165, 1.54) is 0 Å². The Morgan fingerprint density at radius 2 is 1.95 bits per heavy atom. The van der Waals surface area contributed by atoms with E-state index in [1.54, 1.807) is 36.7 Å². The normalized spacial score (nSPS) is 17.0. The van der Waals surface area contributed by atoms with Crippen LogP contribution in [0.3, 0.4) is 0 Å². The summed E-state index contributed by atoms with van der Waals surface area (Å²) in [4.78, 5) is 18.4. The van der Waals surface area contributed by atoms with Crippen molar-refractivity contribution in [3.8, 4) is 6.07 Å². The van der Waals surface area contributed by atoms with Gasteiger partial charge in [-0.2, -0.15) is 5.26 Å². The molecule has 2 amide bonds. The number of carbonyl (C=O) groups excluding carboxylic acids is 1. The van der Waals surface area contributed by atoms with Crippen molar-refractivity contribution in [2.24, 2.45) is 0 Å². The molecule has 110 valence electrons. The number of nitriles is 1. The van der Waals surface area contributed by atoms with Crippen molar-refractivity contribution in [1.29, 1.82) is 5.26 Å². The van der Waals surface area contributed by atoms with E-state index in [4.69, 9.17) is 5.26 Å². The molecule has 0 unspecified atom stereocenters. The van der Waals surface area contributed by atoms with Gasteiger partial charge in [-0.3, -0.25) is 4.98 Å². The van der Waals surface area contributed by atoms with E-state index in [1.807, 2.05) is 17.0 Å². The highest BCUT2D eigenvalue weighted by Gasteiger charge is 2.29. The predicted octanol–water partition coefficient (Wildman–Crippen LogP) is 3.32. The maximum Gasteiger partial charge on any atom is 0.322 e. The van der Waals surface area contributed by atoms with Crippen molar-refractivity contribution < 1.29 is 4.79 Å². The molecule has 1 aromatic carbocycles. The molecule has 1 fully saturated rings. The summed E-state index contributed by atoms with van der Waals surface area (Å²) in [5.74, 6) is 0. The number of rotatable bonds is 2. The van der Waals surface area contributed by atoms with Gasteiger partial charge in [0.05, 0.1) is 17.7 Å². The molecule has 0 radical (unpaired) electrons. The monoisotopic (exact) mass is 292 g/mol. The minimum Gasteiger partial charge on any atom is -0.317 e. The fourth-order valence-corrected chi connectivity index (χ4v) is 2.77. The number of nitrogens with zero attached hydrogens (tertiary/aromatic N) is 3.